The summed E-state index contributed by atoms with van der Waals surface area (Å²) in [6.45, 7) is -2.61. The van der Waals surface area contributed by atoms with Gasteiger partial charge in [0.2, 0.25) is 11.1 Å². The zero-order chi connectivity index (χ0) is 21.5. The molecule has 0 radical (unpaired) electrons. The molecule has 1 heterocycles. The number of thioether (sulfide) groups is 1. The van der Waals surface area contributed by atoms with Crippen LogP contribution in [-0.4, -0.2) is 40.6 Å². The van der Waals surface area contributed by atoms with E-state index in [1.165, 1.54) is 12.1 Å². The van der Waals surface area contributed by atoms with Crippen molar-refractivity contribution in [2.75, 3.05) is 12.9 Å². The number of methoxy groups -OCH3 is 1. The molecule has 7 nitrogen and oxygen atoms in total. The number of aromatic nitrogens is 3. The topological polar surface area (TPSA) is 89.1 Å². The van der Waals surface area contributed by atoms with Crippen molar-refractivity contribution in [1.29, 1.82) is 0 Å². The van der Waals surface area contributed by atoms with E-state index in [4.69, 9.17) is 16.3 Å². The van der Waals surface area contributed by atoms with Gasteiger partial charge >= 0.3 is 6.61 Å². The van der Waals surface area contributed by atoms with Gasteiger partial charge in [0.1, 0.15) is 11.5 Å². The van der Waals surface area contributed by atoms with Gasteiger partial charge in [0.25, 0.3) is 0 Å². The smallest absolute Gasteiger partial charge is 0.387 e. The first kappa shape index (κ1) is 21.8. The van der Waals surface area contributed by atoms with Crippen LogP contribution in [0.2, 0.25) is 5.02 Å². The molecule has 3 aromatic rings. The maximum absolute atomic E-state index is 12.1. The lowest BCUT2D eigenvalue weighted by atomic mass is 10.2. The zero-order valence-corrected chi connectivity index (χ0v) is 17.3. The van der Waals surface area contributed by atoms with Crippen molar-refractivity contribution in [2.45, 2.75) is 18.3 Å². The summed E-state index contributed by atoms with van der Waals surface area (Å²) < 4.78 is 33.9. The van der Waals surface area contributed by atoms with Crippen molar-refractivity contribution >= 4 is 29.3 Å². The molecule has 11 heteroatoms. The molecule has 2 N–H and O–H groups in total. The highest BCUT2D eigenvalue weighted by atomic mass is 35.5. The quantitative estimate of drug-likeness (QED) is 0.472. The number of rotatable bonds is 9. The summed E-state index contributed by atoms with van der Waals surface area (Å²) in [5.41, 5.74) is 1.41. The van der Waals surface area contributed by atoms with Crippen LogP contribution in [0, 0.1) is 0 Å². The molecule has 30 heavy (non-hydrogen) atoms. The Kier molecular flexibility index (Phi) is 7.47. The van der Waals surface area contributed by atoms with Crippen LogP contribution >= 0.6 is 23.4 Å². The summed E-state index contributed by atoms with van der Waals surface area (Å²) in [6, 6.07) is 11.2. The molecule has 0 spiro atoms. The Labute approximate surface area is 180 Å². The number of halogens is 3. The second-order valence-corrected chi connectivity index (χ2v) is 7.28. The highest BCUT2D eigenvalue weighted by molar-refractivity contribution is 7.99. The van der Waals surface area contributed by atoms with Crippen molar-refractivity contribution in [2.24, 2.45) is 0 Å². The fraction of sp³-hybridized carbons (Fsp3) is 0.211. The number of carbonyl (C=O) groups excluding carboxylic acids is 1. The van der Waals surface area contributed by atoms with Gasteiger partial charge in [-0.15, -0.1) is 5.10 Å². The number of nitrogens with zero attached hydrogens (tertiary/aromatic N) is 2. The number of amides is 1. The number of hydrogen-bond acceptors (Lipinski definition) is 6. The number of nitrogens with one attached hydrogen (secondary N) is 2. The van der Waals surface area contributed by atoms with Crippen molar-refractivity contribution in [1.82, 2.24) is 20.5 Å². The van der Waals surface area contributed by atoms with E-state index in [0.717, 1.165) is 17.3 Å². The molecule has 0 aliphatic rings. The fourth-order valence-corrected chi connectivity index (χ4v) is 3.27. The molecule has 2 aromatic carbocycles. The number of alkyl halides is 2. The van der Waals surface area contributed by atoms with Crippen LogP contribution in [0.1, 0.15) is 5.56 Å². The zero-order valence-electron chi connectivity index (χ0n) is 15.7. The van der Waals surface area contributed by atoms with Gasteiger partial charge in [0.05, 0.1) is 18.4 Å². The maximum atomic E-state index is 12.1. The summed E-state index contributed by atoms with van der Waals surface area (Å²) in [4.78, 5) is 16.4. The summed E-state index contributed by atoms with van der Waals surface area (Å²) >= 11 is 7.20. The predicted octanol–water partition coefficient (Wildman–Crippen LogP) is 4.14. The van der Waals surface area contributed by atoms with Crippen LogP contribution in [0.4, 0.5) is 8.78 Å². The number of aromatic amines is 1. The standard InChI is InChI=1S/C19H17ClF2N4O3S/c1-28-15-7-4-12(20)8-14(15)17-24-19(26-25-17)30-10-16(27)23-9-11-2-5-13(6-3-11)29-18(21)22/h2-8,18H,9-10H2,1H3,(H,23,27)(H,24,25,26). The maximum Gasteiger partial charge on any atom is 0.387 e. The molecule has 1 amide bonds. The van der Waals surface area contributed by atoms with E-state index in [-0.39, 0.29) is 24.0 Å². The first-order chi connectivity index (χ1) is 14.4. The second-order valence-electron chi connectivity index (χ2n) is 5.90. The Bertz CT molecular complexity index is 1000. The van der Waals surface area contributed by atoms with Crippen molar-refractivity contribution < 1.29 is 23.0 Å². The molecule has 1 aromatic heterocycles. The molecule has 0 aliphatic carbocycles. The molecule has 0 aliphatic heterocycles. The molecule has 0 saturated heterocycles. The third-order valence-electron chi connectivity index (χ3n) is 3.85. The van der Waals surface area contributed by atoms with E-state index in [0.29, 0.717) is 27.3 Å². The van der Waals surface area contributed by atoms with Gasteiger partial charge in [-0.1, -0.05) is 35.5 Å². The number of hydrogen-bond donors (Lipinski definition) is 2. The first-order valence-electron chi connectivity index (χ1n) is 8.64. The second kappa shape index (κ2) is 10.3. The van der Waals surface area contributed by atoms with Gasteiger partial charge in [-0.3, -0.25) is 9.89 Å². The van der Waals surface area contributed by atoms with Gasteiger partial charge in [-0.2, -0.15) is 8.78 Å². The first-order valence-corrected chi connectivity index (χ1v) is 10.0. The van der Waals surface area contributed by atoms with Gasteiger partial charge in [-0.05, 0) is 35.9 Å². The normalized spacial score (nSPS) is 10.8. The average Bonchev–Trinajstić information content (AvgIpc) is 3.20. The highest BCUT2D eigenvalue weighted by Gasteiger charge is 2.13. The number of H-pyrrole nitrogens is 1. The number of benzene rings is 2. The van der Waals surface area contributed by atoms with Crippen LogP contribution in [0.5, 0.6) is 11.5 Å². The summed E-state index contributed by atoms with van der Waals surface area (Å²) in [5, 5.41) is 10.6. The Balaban J connectivity index is 1.50. The minimum absolute atomic E-state index is 0.0624. The molecule has 0 unspecified atom stereocenters. The number of carbonyl (C=O) groups is 1. The molecule has 3 rings (SSSR count). The molecule has 0 fully saturated rings. The van der Waals surface area contributed by atoms with E-state index < -0.39 is 6.61 Å². The van der Waals surface area contributed by atoms with Crippen molar-refractivity contribution in [3.05, 3.63) is 53.1 Å². The van der Waals surface area contributed by atoms with Crippen LogP contribution in [0.25, 0.3) is 11.4 Å². The molecule has 0 atom stereocenters. The lowest BCUT2D eigenvalue weighted by Gasteiger charge is -2.07. The monoisotopic (exact) mass is 454 g/mol. The van der Waals surface area contributed by atoms with E-state index in [9.17, 15) is 13.6 Å². The third-order valence-corrected chi connectivity index (χ3v) is 4.93. The molecular formula is C19H17ClF2N4O3S. The van der Waals surface area contributed by atoms with Crippen LogP contribution < -0.4 is 14.8 Å². The van der Waals surface area contributed by atoms with E-state index in [2.05, 4.69) is 25.2 Å². The molecule has 158 valence electrons. The van der Waals surface area contributed by atoms with Gasteiger partial charge < -0.3 is 14.8 Å². The van der Waals surface area contributed by atoms with Gasteiger partial charge in [0, 0.05) is 11.6 Å². The predicted molar refractivity (Wildman–Crippen MR) is 109 cm³/mol. The molecular weight excluding hydrogens is 438 g/mol. The largest absolute Gasteiger partial charge is 0.496 e. The van der Waals surface area contributed by atoms with Crippen LogP contribution in [0.3, 0.4) is 0 Å². The summed E-state index contributed by atoms with van der Waals surface area (Å²) in [6.07, 6.45) is 0. The third kappa shape index (κ3) is 6.07. The fourth-order valence-electron chi connectivity index (χ4n) is 2.47. The van der Waals surface area contributed by atoms with Gasteiger partial charge in [-0.25, -0.2) is 4.98 Å². The lowest BCUT2D eigenvalue weighted by molar-refractivity contribution is -0.118. The van der Waals surface area contributed by atoms with E-state index >= 15 is 0 Å². The Hall–Kier alpha value is -2.85. The SMILES string of the molecule is COc1ccc(Cl)cc1-c1nc(SCC(=O)NCc2ccc(OC(F)F)cc2)n[nH]1. The summed E-state index contributed by atoms with van der Waals surface area (Å²) in [7, 11) is 1.54. The lowest BCUT2D eigenvalue weighted by Crippen LogP contribution is -2.24. The van der Waals surface area contributed by atoms with E-state index in [1.807, 2.05) is 0 Å². The number of ether oxygens (including phenoxy) is 2. The average molecular weight is 455 g/mol. The Morgan fingerprint density at radius 1 is 1.27 bits per heavy atom. The molecule has 0 saturated carbocycles. The van der Waals surface area contributed by atoms with Crippen molar-refractivity contribution in [3.8, 4) is 22.9 Å². The Morgan fingerprint density at radius 2 is 2.03 bits per heavy atom. The minimum Gasteiger partial charge on any atom is -0.496 e. The van der Waals surface area contributed by atoms with Crippen molar-refractivity contribution in [3.63, 3.8) is 0 Å². The van der Waals surface area contributed by atoms with Gasteiger partial charge in [0.15, 0.2) is 5.82 Å². The van der Waals surface area contributed by atoms with Crippen LogP contribution in [-0.2, 0) is 11.3 Å². The highest BCUT2D eigenvalue weighted by Crippen LogP contribution is 2.31. The molecule has 0 bridgehead atoms. The summed E-state index contributed by atoms with van der Waals surface area (Å²) in [5.74, 6) is 1.02. The van der Waals surface area contributed by atoms with E-state index in [1.54, 1.807) is 37.4 Å². The minimum atomic E-state index is -2.87. The Morgan fingerprint density at radius 3 is 2.73 bits per heavy atom. The van der Waals surface area contributed by atoms with Crippen LogP contribution in [0.15, 0.2) is 47.6 Å².